The van der Waals surface area contributed by atoms with Crippen LogP contribution in [0.15, 0.2) is 42.5 Å². The third-order valence-corrected chi connectivity index (χ3v) is 3.60. The van der Waals surface area contributed by atoms with Crippen LogP contribution in [0.4, 0.5) is 49.5 Å². The standard InChI is InChI=1S/C18H12F6N4/c1-9-7-14(26-11-4-2-3-10(8-11)18(22,23)24)28-17(25-9)27-13-6-5-12(19)15(20)16(13)21/h2-8H,1H3,(H2,25,26,27,28). The molecule has 146 valence electrons. The summed E-state index contributed by atoms with van der Waals surface area (Å²) in [5.74, 6) is -4.48. The molecule has 0 saturated carbocycles. The van der Waals surface area contributed by atoms with Crippen molar-refractivity contribution in [3.63, 3.8) is 0 Å². The predicted octanol–water partition coefficient (Wildman–Crippen LogP) is 5.71. The Labute approximate surface area is 155 Å². The number of anilines is 4. The van der Waals surface area contributed by atoms with Gasteiger partial charge in [0, 0.05) is 17.4 Å². The summed E-state index contributed by atoms with van der Waals surface area (Å²) in [5, 5.41) is 5.12. The molecule has 3 aromatic rings. The van der Waals surface area contributed by atoms with Crippen LogP contribution in [0.25, 0.3) is 0 Å². The topological polar surface area (TPSA) is 49.8 Å². The van der Waals surface area contributed by atoms with E-state index in [1.54, 1.807) is 6.92 Å². The molecular formula is C18H12F6N4. The summed E-state index contributed by atoms with van der Waals surface area (Å²) in [6, 6.07) is 7.63. The fourth-order valence-electron chi connectivity index (χ4n) is 2.35. The minimum Gasteiger partial charge on any atom is -0.340 e. The summed E-state index contributed by atoms with van der Waals surface area (Å²) >= 11 is 0. The first-order chi connectivity index (χ1) is 13.1. The predicted molar refractivity (Wildman–Crippen MR) is 91.1 cm³/mol. The molecule has 2 aromatic carbocycles. The smallest absolute Gasteiger partial charge is 0.340 e. The molecule has 4 nitrogen and oxygen atoms in total. The van der Waals surface area contributed by atoms with Crippen LogP contribution in [0.1, 0.15) is 11.3 Å². The van der Waals surface area contributed by atoms with Gasteiger partial charge in [0.15, 0.2) is 17.5 Å². The van der Waals surface area contributed by atoms with Crippen molar-refractivity contribution in [1.29, 1.82) is 0 Å². The molecule has 0 aliphatic rings. The number of nitrogens with one attached hydrogen (secondary N) is 2. The van der Waals surface area contributed by atoms with E-state index in [4.69, 9.17) is 0 Å². The van der Waals surface area contributed by atoms with E-state index in [9.17, 15) is 26.3 Å². The Bertz CT molecular complexity index is 1020. The highest BCUT2D eigenvalue weighted by atomic mass is 19.4. The summed E-state index contributed by atoms with van der Waals surface area (Å²) < 4.78 is 78.6. The molecule has 0 fully saturated rings. The molecule has 0 aliphatic carbocycles. The number of rotatable bonds is 4. The number of hydrogen-bond acceptors (Lipinski definition) is 4. The minimum atomic E-state index is -4.50. The van der Waals surface area contributed by atoms with Crippen LogP contribution >= 0.6 is 0 Å². The number of aryl methyl sites for hydroxylation is 1. The van der Waals surface area contributed by atoms with Crippen LogP contribution < -0.4 is 10.6 Å². The zero-order valence-corrected chi connectivity index (χ0v) is 14.2. The molecule has 0 unspecified atom stereocenters. The largest absolute Gasteiger partial charge is 0.416 e. The molecule has 0 saturated heterocycles. The number of halogens is 6. The second-order valence-corrected chi connectivity index (χ2v) is 5.77. The molecule has 0 amide bonds. The quantitative estimate of drug-likeness (QED) is 0.437. The van der Waals surface area contributed by atoms with Crippen molar-refractivity contribution in [2.75, 3.05) is 10.6 Å². The number of alkyl halides is 3. The van der Waals surface area contributed by atoms with E-state index < -0.39 is 34.9 Å². The summed E-state index contributed by atoms with van der Waals surface area (Å²) in [5.41, 5.74) is -0.715. The Morgan fingerprint density at radius 2 is 1.61 bits per heavy atom. The van der Waals surface area contributed by atoms with Gasteiger partial charge in [0.1, 0.15) is 5.82 Å². The molecule has 28 heavy (non-hydrogen) atoms. The molecule has 0 bridgehead atoms. The first-order valence-corrected chi connectivity index (χ1v) is 7.84. The average Bonchev–Trinajstić information content (AvgIpc) is 2.61. The maximum Gasteiger partial charge on any atom is 0.416 e. The monoisotopic (exact) mass is 398 g/mol. The van der Waals surface area contributed by atoms with Crippen molar-refractivity contribution in [2.45, 2.75) is 13.1 Å². The van der Waals surface area contributed by atoms with Gasteiger partial charge in [0.2, 0.25) is 5.95 Å². The van der Waals surface area contributed by atoms with Gasteiger partial charge in [-0.25, -0.2) is 18.2 Å². The van der Waals surface area contributed by atoms with Crippen LogP contribution in [0.3, 0.4) is 0 Å². The van der Waals surface area contributed by atoms with Gasteiger partial charge < -0.3 is 10.6 Å². The van der Waals surface area contributed by atoms with E-state index >= 15 is 0 Å². The van der Waals surface area contributed by atoms with Gasteiger partial charge in [-0.3, -0.25) is 0 Å². The van der Waals surface area contributed by atoms with Crippen molar-refractivity contribution in [1.82, 2.24) is 9.97 Å². The lowest BCUT2D eigenvalue weighted by Gasteiger charge is -2.12. The minimum absolute atomic E-state index is 0.123. The van der Waals surface area contributed by atoms with Crippen molar-refractivity contribution in [2.24, 2.45) is 0 Å². The van der Waals surface area contributed by atoms with Gasteiger partial charge in [-0.15, -0.1) is 0 Å². The molecule has 10 heteroatoms. The number of aromatic nitrogens is 2. The van der Waals surface area contributed by atoms with Crippen molar-refractivity contribution in [3.8, 4) is 0 Å². The summed E-state index contributed by atoms with van der Waals surface area (Å²) in [4.78, 5) is 8.01. The van der Waals surface area contributed by atoms with Crippen molar-refractivity contribution in [3.05, 3.63) is 71.2 Å². The first kappa shape index (κ1) is 19.5. The third-order valence-electron chi connectivity index (χ3n) is 3.60. The highest BCUT2D eigenvalue weighted by molar-refractivity contribution is 5.61. The van der Waals surface area contributed by atoms with Gasteiger partial charge in [0.25, 0.3) is 0 Å². The zero-order chi connectivity index (χ0) is 20.5. The van der Waals surface area contributed by atoms with Crippen LogP contribution in [-0.2, 0) is 6.18 Å². The SMILES string of the molecule is Cc1cc(Nc2cccc(C(F)(F)F)c2)nc(Nc2ccc(F)c(F)c2F)n1. The highest BCUT2D eigenvalue weighted by Crippen LogP contribution is 2.31. The fourth-order valence-corrected chi connectivity index (χ4v) is 2.35. The zero-order valence-electron chi connectivity index (χ0n) is 14.2. The lowest BCUT2D eigenvalue weighted by atomic mass is 10.2. The normalized spacial score (nSPS) is 11.4. The van der Waals surface area contributed by atoms with Crippen molar-refractivity contribution < 1.29 is 26.3 Å². The maximum absolute atomic E-state index is 13.8. The molecule has 1 aromatic heterocycles. The van der Waals surface area contributed by atoms with Crippen molar-refractivity contribution >= 4 is 23.1 Å². The molecule has 0 atom stereocenters. The number of benzene rings is 2. The molecule has 0 radical (unpaired) electrons. The summed E-state index contributed by atoms with van der Waals surface area (Å²) in [6.45, 7) is 1.58. The first-order valence-electron chi connectivity index (χ1n) is 7.84. The molecule has 3 rings (SSSR count). The molecule has 0 spiro atoms. The number of nitrogens with zero attached hydrogens (tertiary/aromatic N) is 2. The van der Waals surface area contributed by atoms with E-state index in [1.165, 1.54) is 18.2 Å². The summed E-state index contributed by atoms with van der Waals surface area (Å²) in [7, 11) is 0. The van der Waals surface area contributed by atoms with Gasteiger partial charge >= 0.3 is 6.18 Å². The lowest BCUT2D eigenvalue weighted by Crippen LogP contribution is -2.07. The Balaban J connectivity index is 1.88. The molecule has 1 heterocycles. The maximum atomic E-state index is 13.8. The highest BCUT2D eigenvalue weighted by Gasteiger charge is 2.30. The second kappa shape index (κ2) is 7.37. The fraction of sp³-hybridized carbons (Fsp3) is 0.111. The van der Waals surface area contributed by atoms with Gasteiger partial charge in [-0.1, -0.05) is 6.07 Å². The van der Waals surface area contributed by atoms with E-state index in [1.807, 2.05) is 0 Å². The van der Waals surface area contributed by atoms with Crippen LogP contribution in [0, 0.1) is 24.4 Å². The van der Waals surface area contributed by atoms with Crippen LogP contribution in [0.5, 0.6) is 0 Å². The second-order valence-electron chi connectivity index (χ2n) is 5.77. The third kappa shape index (κ3) is 4.33. The average molecular weight is 398 g/mol. The van der Waals surface area contributed by atoms with Gasteiger partial charge in [-0.05, 0) is 37.3 Å². The van der Waals surface area contributed by atoms with E-state index in [0.29, 0.717) is 5.69 Å². The molecular weight excluding hydrogens is 386 g/mol. The Kier molecular flexibility index (Phi) is 5.12. The van der Waals surface area contributed by atoms with Gasteiger partial charge in [0.05, 0.1) is 11.3 Å². The number of hydrogen-bond donors (Lipinski definition) is 2. The Morgan fingerprint density at radius 1 is 0.857 bits per heavy atom. The van der Waals surface area contributed by atoms with Crippen LogP contribution in [-0.4, -0.2) is 9.97 Å². The summed E-state index contributed by atoms with van der Waals surface area (Å²) in [6.07, 6.45) is -4.50. The lowest BCUT2D eigenvalue weighted by molar-refractivity contribution is -0.137. The van der Waals surface area contributed by atoms with E-state index in [2.05, 4.69) is 20.6 Å². The Morgan fingerprint density at radius 3 is 2.32 bits per heavy atom. The van der Waals surface area contributed by atoms with Gasteiger partial charge in [-0.2, -0.15) is 18.2 Å². The Hall–Kier alpha value is -3.30. The molecule has 2 N–H and O–H groups in total. The molecule has 0 aliphatic heterocycles. The van der Waals surface area contributed by atoms with E-state index in [0.717, 1.165) is 24.3 Å². The van der Waals surface area contributed by atoms with E-state index in [-0.39, 0.29) is 17.5 Å². The van der Waals surface area contributed by atoms with Crippen LogP contribution in [0.2, 0.25) is 0 Å².